The summed E-state index contributed by atoms with van der Waals surface area (Å²) in [5, 5.41) is 12.9. The van der Waals surface area contributed by atoms with Crippen LogP contribution in [0.4, 0.5) is 11.8 Å². The average molecular weight is 327 g/mol. The first-order valence-electron chi connectivity index (χ1n) is 7.99. The Balaban J connectivity index is 1.89. The Morgan fingerprint density at radius 1 is 1.58 bits per heavy atom. The molecule has 24 heavy (non-hydrogen) atoms. The van der Waals surface area contributed by atoms with Crippen molar-refractivity contribution in [3.8, 4) is 6.07 Å². The Hall–Kier alpha value is -2.82. The van der Waals surface area contributed by atoms with E-state index in [2.05, 4.69) is 21.9 Å². The smallest absolute Gasteiger partial charge is 0.240 e. The lowest BCUT2D eigenvalue weighted by molar-refractivity contribution is -0.131. The maximum absolute atomic E-state index is 12.1. The summed E-state index contributed by atoms with van der Waals surface area (Å²) >= 11 is 0. The highest BCUT2D eigenvalue weighted by molar-refractivity contribution is 5.78. The Morgan fingerprint density at radius 2 is 2.38 bits per heavy atom. The van der Waals surface area contributed by atoms with Crippen LogP contribution in [-0.4, -0.2) is 51.6 Å². The van der Waals surface area contributed by atoms with E-state index in [0.717, 1.165) is 17.8 Å². The molecule has 3 rings (SSSR count). The van der Waals surface area contributed by atoms with Crippen LogP contribution in [0, 0.1) is 17.2 Å². The molecule has 1 aliphatic rings. The molecule has 1 fully saturated rings. The number of piperidine rings is 1. The van der Waals surface area contributed by atoms with E-state index in [0.29, 0.717) is 19.0 Å². The minimum absolute atomic E-state index is 0.0752. The van der Waals surface area contributed by atoms with Crippen molar-refractivity contribution in [2.75, 3.05) is 30.8 Å². The second kappa shape index (κ2) is 6.35. The number of nitrogens with two attached hydrogens (primary N) is 1. The summed E-state index contributed by atoms with van der Waals surface area (Å²) in [7, 11) is 1.97. The van der Waals surface area contributed by atoms with Crippen LogP contribution in [0.5, 0.6) is 0 Å². The summed E-state index contributed by atoms with van der Waals surface area (Å²) in [6.45, 7) is 3.45. The number of nitrogens with zero attached hydrogens (tertiary/aromatic N) is 6. The lowest BCUT2D eigenvalue weighted by atomic mass is 9.92. The predicted octanol–water partition coefficient (Wildman–Crippen LogP) is 0.898. The highest BCUT2D eigenvalue weighted by atomic mass is 16.2. The number of amides is 1. The van der Waals surface area contributed by atoms with E-state index >= 15 is 0 Å². The number of likely N-dealkylation sites (N-methyl/N-ethyl adjacent to an activating group) is 1. The molecule has 0 aliphatic carbocycles. The molecule has 2 aromatic rings. The molecule has 3 heterocycles. The highest BCUT2D eigenvalue weighted by Crippen LogP contribution is 2.28. The van der Waals surface area contributed by atoms with E-state index in [9.17, 15) is 4.79 Å². The topological polar surface area (TPSA) is 104 Å². The summed E-state index contributed by atoms with van der Waals surface area (Å²) in [5.41, 5.74) is 6.71. The second-order valence-electron chi connectivity index (χ2n) is 6.25. The Morgan fingerprint density at radius 3 is 3.12 bits per heavy atom. The molecular weight excluding hydrogens is 306 g/mol. The fourth-order valence-electron chi connectivity index (χ4n) is 3.31. The van der Waals surface area contributed by atoms with Gasteiger partial charge in [0.1, 0.15) is 11.9 Å². The third kappa shape index (κ3) is 2.85. The predicted molar refractivity (Wildman–Crippen MR) is 90.2 cm³/mol. The van der Waals surface area contributed by atoms with Crippen molar-refractivity contribution in [2.45, 2.75) is 25.8 Å². The number of likely N-dealkylation sites (tertiary alicyclic amines) is 1. The van der Waals surface area contributed by atoms with E-state index in [-0.39, 0.29) is 24.3 Å². The van der Waals surface area contributed by atoms with E-state index in [4.69, 9.17) is 11.0 Å². The largest absolute Gasteiger partial charge is 0.366 e. The van der Waals surface area contributed by atoms with Gasteiger partial charge < -0.3 is 15.5 Å². The number of nitriles is 1. The number of nitrogen functional groups attached to an aromatic ring is 1. The number of carbonyl (C=O) groups excluding carboxylic acids is 1. The van der Waals surface area contributed by atoms with E-state index in [1.54, 1.807) is 9.42 Å². The summed E-state index contributed by atoms with van der Waals surface area (Å²) in [6.07, 6.45) is 2.65. The zero-order valence-electron chi connectivity index (χ0n) is 13.9. The number of hydrogen-bond acceptors (Lipinski definition) is 6. The van der Waals surface area contributed by atoms with E-state index < -0.39 is 0 Å². The molecule has 1 aliphatic heterocycles. The number of fused-ring (bicyclic) bond motifs is 1. The van der Waals surface area contributed by atoms with Gasteiger partial charge in [0.15, 0.2) is 5.82 Å². The van der Waals surface area contributed by atoms with Gasteiger partial charge in [-0.3, -0.25) is 4.79 Å². The molecule has 126 valence electrons. The summed E-state index contributed by atoms with van der Waals surface area (Å²) in [5.74, 6) is 1.24. The van der Waals surface area contributed by atoms with Crippen LogP contribution in [0.15, 0.2) is 18.3 Å². The van der Waals surface area contributed by atoms with Gasteiger partial charge in [0, 0.05) is 26.3 Å². The van der Waals surface area contributed by atoms with Crippen molar-refractivity contribution in [3.05, 3.63) is 18.3 Å². The van der Waals surface area contributed by atoms with Gasteiger partial charge in [-0.1, -0.05) is 6.92 Å². The molecule has 2 aromatic heterocycles. The van der Waals surface area contributed by atoms with Gasteiger partial charge in [-0.05, 0) is 24.5 Å². The number of anilines is 2. The van der Waals surface area contributed by atoms with Crippen molar-refractivity contribution < 1.29 is 4.79 Å². The van der Waals surface area contributed by atoms with Gasteiger partial charge in [-0.25, -0.2) is 4.52 Å². The van der Waals surface area contributed by atoms with Crippen molar-refractivity contribution in [1.29, 1.82) is 5.26 Å². The maximum Gasteiger partial charge on any atom is 0.240 e. The standard InChI is InChI=1S/C16H21N7O/c1-11-6-9-22(14(24)5-7-17)10-13(11)21(2)15-12-4-3-8-23(12)20-16(18)19-15/h3-4,8,11,13H,5-6,9-10H2,1-2H3,(H2,18,20). The monoisotopic (exact) mass is 327 g/mol. The molecule has 0 radical (unpaired) electrons. The zero-order valence-corrected chi connectivity index (χ0v) is 13.9. The van der Waals surface area contributed by atoms with Crippen molar-refractivity contribution >= 4 is 23.2 Å². The van der Waals surface area contributed by atoms with E-state index in [1.165, 1.54) is 0 Å². The molecule has 2 N–H and O–H groups in total. The molecule has 8 heteroatoms. The second-order valence-corrected chi connectivity index (χ2v) is 6.25. The molecule has 0 spiro atoms. The summed E-state index contributed by atoms with van der Waals surface area (Å²) < 4.78 is 1.71. The fourth-order valence-corrected chi connectivity index (χ4v) is 3.31. The third-order valence-corrected chi connectivity index (χ3v) is 4.72. The van der Waals surface area contributed by atoms with Crippen LogP contribution in [0.1, 0.15) is 19.8 Å². The van der Waals surface area contributed by atoms with Gasteiger partial charge in [-0.2, -0.15) is 10.2 Å². The van der Waals surface area contributed by atoms with Crippen LogP contribution in [0.2, 0.25) is 0 Å². The van der Waals surface area contributed by atoms with Gasteiger partial charge in [0.05, 0.1) is 12.1 Å². The van der Waals surface area contributed by atoms with Gasteiger partial charge in [0.2, 0.25) is 11.9 Å². The van der Waals surface area contributed by atoms with Crippen LogP contribution >= 0.6 is 0 Å². The van der Waals surface area contributed by atoms with Crippen LogP contribution in [0.25, 0.3) is 5.52 Å². The first-order chi connectivity index (χ1) is 11.5. The first-order valence-corrected chi connectivity index (χ1v) is 7.99. The highest BCUT2D eigenvalue weighted by Gasteiger charge is 2.32. The summed E-state index contributed by atoms with van der Waals surface area (Å²) in [4.78, 5) is 20.3. The number of carbonyl (C=O) groups is 1. The quantitative estimate of drug-likeness (QED) is 0.898. The number of rotatable bonds is 3. The molecule has 0 aromatic carbocycles. The van der Waals surface area contributed by atoms with Gasteiger partial charge in [0.25, 0.3) is 0 Å². The minimum Gasteiger partial charge on any atom is -0.366 e. The average Bonchev–Trinajstić information content (AvgIpc) is 3.02. The maximum atomic E-state index is 12.1. The normalized spacial score (nSPS) is 20.8. The van der Waals surface area contributed by atoms with Crippen LogP contribution in [0.3, 0.4) is 0 Å². The molecule has 0 bridgehead atoms. The molecule has 8 nitrogen and oxygen atoms in total. The minimum atomic E-state index is -0.113. The molecule has 1 saturated heterocycles. The first kappa shape index (κ1) is 16.1. The lowest BCUT2D eigenvalue weighted by Crippen LogP contribution is -2.52. The number of hydrogen-bond donors (Lipinski definition) is 1. The Kier molecular flexibility index (Phi) is 4.25. The SMILES string of the molecule is CC1CCN(C(=O)CC#N)CC1N(C)c1nc(N)nn2cccc12. The van der Waals surface area contributed by atoms with Crippen molar-refractivity contribution in [1.82, 2.24) is 19.5 Å². The van der Waals surface area contributed by atoms with Crippen LogP contribution < -0.4 is 10.6 Å². The zero-order chi connectivity index (χ0) is 17.3. The van der Waals surface area contributed by atoms with E-state index in [1.807, 2.05) is 31.4 Å². The van der Waals surface area contributed by atoms with Gasteiger partial charge >= 0.3 is 0 Å². The molecular formula is C16H21N7O. The van der Waals surface area contributed by atoms with Crippen molar-refractivity contribution in [2.24, 2.45) is 5.92 Å². The molecule has 2 atom stereocenters. The Labute approximate surface area is 140 Å². The lowest BCUT2D eigenvalue weighted by Gasteiger charge is -2.42. The molecule has 1 amide bonds. The van der Waals surface area contributed by atoms with Crippen molar-refractivity contribution in [3.63, 3.8) is 0 Å². The number of aromatic nitrogens is 3. The molecule has 0 saturated carbocycles. The summed E-state index contributed by atoms with van der Waals surface area (Å²) in [6, 6.07) is 5.88. The van der Waals surface area contributed by atoms with Crippen LogP contribution in [-0.2, 0) is 4.79 Å². The fraction of sp³-hybridized carbons (Fsp3) is 0.500. The molecule has 2 unspecified atom stereocenters. The third-order valence-electron chi connectivity index (χ3n) is 4.72. The Bertz CT molecular complexity index is 793. The van der Waals surface area contributed by atoms with Gasteiger partial charge in [-0.15, -0.1) is 5.10 Å².